The van der Waals surface area contributed by atoms with Crippen LogP contribution < -0.4 is 5.32 Å². The third-order valence-corrected chi connectivity index (χ3v) is 5.68. The molecule has 1 aliphatic rings. The van der Waals surface area contributed by atoms with Gasteiger partial charge in [0.15, 0.2) is 0 Å². The van der Waals surface area contributed by atoms with E-state index in [1.165, 1.54) is 11.3 Å². The molecule has 7 nitrogen and oxygen atoms in total. The van der Waals surface area contributed by atoms with Crippen LogP contribution in [0.4, 0.5) is 0 Å². The van der Waals surface area contributed by atoms with Crippen LogP contribution in [0.25, 0.3) is 0 Å². The van der Waals surface area contributed by atoms with E-state index in [9.17, 15) is 9.59 Å². The molecule has 0 unspecified atom stereocenters. The molecular formula is C19H26N4O3S. The Balaban J connectivity index is 1.34. The first-order chi connectivity index (χ1) is 13.0. The van der Waals surface area contributed by atoms with Gasteiger partial charge in [0.2, 0.25) is 5.91 Å². The average molecular weight is 391 g/mol. The van der Waals surface area contributed by atoms with Crippen LogP contribution >= 0.6 is 11.3 Å². The van der Waals surface area contributed by atoms with Crippen LogP contribution in [-0.2, 0) is 11.2 Å². The Morgan fingerprint density at radius 3 is 2.67 bits per heavy atom. The van der Waals surface area contributed by atoms with Crippen LogP contribution in [0.5, 0.6) is 0 Å². The molecule has 1 N–H and O–H groups in total. The molecule has 146 valence electrons. The van der Waals surface area contributed by atoms with Crippen LogP contribution in [0, 0.1) is 13.8 Å². The van der Waals surface area contributed by atoms with Crippen molar-refractivity contribution in [2.45, 2.75) is 26.7 Å². The highest BCUT2D eigenvalue weighted by Gasteiger charge is 2.21. The third kappa shape index (κ3) is 5.17. The normalized spacial score (nSPS) is 15.1. The van der Waals surface area contributed by atoms with E-state index in [0.29, 0.717) is 24.9 Å². The summed E-state index contributed by atoms with van der Waals surface area (Å²) < 4.78 is 5.15. The molecule has 3 heterocycles. The van der Waals surface area contributed by atoms with Crippen molar-refractivity contribution >= 4 is 23.2 Å². The maximum absolute atomic E-state index is 12.5. The summed E-state index contributed by atoms with van der Waals surface area (Å²) in [5.74, 6) is 0.958. The Hall–Kier alpha value is -2.19. The number of aromatic nitrogens is 1. The fourth-order valence-corrected chi connectivity index (χ4v) is 3.93. The molecule has 0 radical (unpaired) electrons. The second kappa shape index (κ2) is 9.14. The van der Waals surface area contributed by atoms with Crippen molar-refractivity contribution in [1.29, 1.82) is 0 Å². The first kappa shape index (κ1) is 19.6. The molecule has 0 saturated carbocycles. The first-order valence-corrected chi connectivity index (χ1v) is 10.2. The average Bonchev–Trinajstić information content (AvgIpc) is 3.31. The maximum atomic E-state index is 12.5. The van der Waals surface area contributed by atoms with E-state index < -0.39 is 0 Å². The number of piperazine rings is 1. The second-order valence-electron chi connectivity index (χ2n) is 6.79. The van der Waals surface area contributed by atoms with Gasteiger partial charge in [0.1, 0.15) is 5.76 Å². The zero-order valence-electron chi connectivity index (χ0n) is 15.9. The maximum Gasteiger partial charge on any atom is 0.252 e. The Morgan fingerprint density at radius 1 is 1.26 bits per heavy atom. The Kier molecular flexibility index (Phi) is 6.63. The van der Waals surface area contributed by atoms with Crippen molar-refractivity contribution in [1.82, 2.24) is 20.3 Å². The highest BCUT2D eigenvalue weighted by Crippen LogP contribution is 2.15. The lowest BCUT2D eigenvalue weighted by Crippen LogP contribution is -2.50. The van der Waals surface area contributed by atoms with Crippen molar-refractivity contribution < 1.29 is 14.1 Å². The topological polar surface area (TPSA) is 78.7 Å². The number of amides is 2. The second-order valence-corrected chi connectivity index (χ2v) is 7.57. The van der Waals surface area contributed by atoms with Gasteiger partial charge in [0.05, 0.1) is 5.69 Å². The molecule has 1 saturated heterocycles. The molecule has 3 rings (SSSR count). The quantitative estimate of drug-likeness (QED) is 0.781. The molecule has 0 bridgehead atoms. The van der Waals surface area contributed by atoms with Crippen LogP contribution in [0.2, 0.25) is 0 Å². The van der Waals surface area contributed by atoms with Crippen molar-refractivity contribution in [2.75, 3.05) is 39.3 Å². The predicted octanol–water partition coefficient (Wildman–Crippen LogP) is 1.86. The Bertz CT molecular complexity index is 745. The van der Waals surface area contributed by atoms with E-state index in [4.69, 9.17) is 4.52 Å². The van der Waals surface area contributed by atoms with Gasteiger partial charge >= 0.3 is 0 Å². The van der Waals surface area contributed by atoms with Gasteiger partial charge < -0.3 is 14.7 Å². The number of nitrogens with one attached hydrogen (secondary N) is 1. The lowest BCUT2D eigenvalue weighted by molar-refractivity contribution is -0.132. The monoisotopic (exact) mass is 390 g/mol. The largest absolute Gasteiger partial charge is 0.361 e. The molecule has 27 heavy (non-hydrogen) atoms. The van der Waals surface area contributed by atoms with E-state index in [-0.39, 0.29) is 11.8 Å². The third-order valence-electron chi connectivity index (χ3n) is 4.99. The van der Waals surface area contributed by atoms with Gasteiger partial charge in [-0.3, -0.25) is 14.5 Å². The zero-order chi connectivity index (χ0) is 19.2. The molecule has 8 heteroatoms. The lowest BCUT2D eigenvalue weighted by atomic mass is 10.1. The molecule has 1 fully saturated rings. The molecule has 0 atom stereocenters. The Morgan fingerprint density at radius 2 is 2.04 bits per heavy atom. The van der Waals surface area contributed by atoms with Gasteiger partial charge in [0, 0.05) is 62.2 Å². The molecular weight excluding hydrogens is 364 g/mol. The summed E-state index contributed by atoms with van der Waals surface area (Å²) in [7, 11) is 0. The van der Waals surface area contributed by atoms with Crippen LogP contribution in [-0.4, -0.2) is 66.0 Å². The SMILES string of the molecule is Cc1noc(C)c1CCC(=O)N1CCN(CCNC(=O)c2ccsc2)CC1. The van der Waals surface area contributed by atoms with E-state index >= 15 is 0 Å². The van der Waals surface area contributed by atoms with Crippen LogP contribution in [0.3, 0.4) is 0 Å². The molecule has 0 spiro atoms. The van der Waals surface area contributed by atoms with Crippen LogP contribution in [0.15, 0.2) is 21.3 Å². The van der Waals surface area contributed by atoms with E-state index in [1.807, 2.05) is 35.6 Å². The van der Waals surface area contributed by atoms with Gasteiger partial charge in [-0.2, -0.15) is 11.3 Å². The molecule has 2 amide bonds. The van der Waals surface area contributed by atoms with Gasteiger partial charge in [-0.1, -0.05) is 5.16 Å². The smallest absolute Gasteiger partial charge is 0.252 e. The fourth-order valence-electron chi connectivity index (χ4n) is 3.29. The number of hydrogen-bond donors (Lipinski definition) is 1. The number of aryl methyl sites for hydroxylation is 2. The minimum atomic E-state index is -0.0237. The highest BCUT2D eigenvalue weighted by atomic mass is 32.1. The standard InChI is InChI=1S/C19H26N4O3S/c1-14-17(15(2)26-21-14)3-4-18(24)23-10-8-22(9-11-23)7-6-20-19(25)16-5-12-27-13-16/h5,12-13H,3-4,6-11H2,1-2H3,(H,20,25). The summed E-state index contributed by atoms with van der Waals surface area (Å²) in [6, 6.07) is 1.83. The van der Waals surface area contributed by atoms with Crippen molar-refractivity contribution in [3.05, 3.63) is 39.4 Å². The van der Waals surface area contributed by atoms with Gasteiger partial charge in [0.25, 0.3) is 5.91 Å². The number of rotatable bonds is 7. The van der Waals surface area contributed by atoms with Crippen molar-refractivity contribution in [2.24, 2.45) is 0 Å². The first-order valence-electron chi connectivity index (χ1n) is 9.27. The predicted molar refractivity (Wildman–Crippen MR) is 104 cm³/mol. The summed E-state index contributed by atoms with van der Waals surface area (Å²) in [4.78, 5) is 28.6. The number of thiophene rings is 1. The Labute approximate surface area is 163 Å². The molecule has 1 aliphatic heterocycles. The number of carbonyl (C=O) groups excluding carboxylic acids is 2. The highest BCUT2D eigenvalue weighted by molar-refractivity contribution is 7.08. The molecule has 0 aromatic carbocycles. The summed E-state index contributed by atoms with van der Waals surface area (Å²) in [5.41, 5.74) is 2.63. The molecule has 2 aromatic heterocycles. The van der Waals surface area contributed by atoms with E-state index in [2.05, 4.69) is 15.4 Å². The number of nitrogens with zero attached hydrogens (tertiary/aromatic N) is 3. The zero-order valence-corrected chi connectivity index (χ0v) is 16.7. The van der Waals surface area contributed by atoms with E-state index in [0.717, 1.165) is 49.7 Å². The number of carbonyl (C=O) groups is 2. The summed E-state index contributed by atoms with van der Waals surface area (Å²) >= 11 is 1.52. The molecule has 0 aliphatic carbocycles. The minimum Gasteiger partial charge on any atom is -0.361 e. The summed E-state index contributed by atoms with van der Waals surface area (Å²) in [5, 5.41) is 10.6. The van der Waals surface area contributed by atoms with Crippen LogP contribution in [0.1, 0.15) is 33.8 Å². The summed E-state index contributed by atoms with van der Waals surface area (Å²) in [6.45, 7) is 8.36. The lowest BCUT2D eigenvalue weighted by Gasteiger charge is -2.34. The van der Waals surface area contributed by atoms with Gasteiger partial charge in [-0.25, -0.2) is 0 Å². The van der Waals surface area contributed by atoms with Gasteiger partial charge in [-0.15, -0.1) is 0 Å². The summed E-state index contributed by atoms with van der Waals surface area (Å²) in [6.07, 6.45) is 1.16. The fraction of sp³-hybridized carbons (Fsp3) is 0.526. The van der Waals surface area contributed by atoms with Gasteiger partial charge in [-0.05, 0) is 31.7 Å². The van der Waals surface area contributed by atoms with Crippen molar-refractivity contribution in [3.63, 3.8) is 0 Å². The van der Waals surface area contributed by atoms with Crippen molar-refractivity contribution in [3.8, 4) is 0 Å². The molecule has 2 aromatic rings. The van der Waals surface area contributed by atoms with E-state index in [1.54, 1.807) is 0 Å². The number of hydrogen-bond acceptors (Lipinski definition) is 6. The minimum absolute atomic E-state index is 0.0237.